The van der Waals surface area contributed by atoms with Gasteiger partial charge in [0.1, 0.15) is 0 Å². The molecule has 0 radical (unpaired) electrons. The summed E-state index contributed by atoms with van der Waals surface area (Å²) >= 11 is 0. The fourth-order valence-corrected chi connectivity index (χ4v) is 1.28. The first kappa shape index (κ1) is 10.8. The van der Waals surface area contributed by atoms with Crippen LogP contribution in [0.5, 0.6) is 11.5 Å². The van der Waals surface area contributed by atoms with Crippen LogP contribution in [-0.2, 0) is 0 Å². The minimum absolute atomic E-state index is 0.221. The van der Waals surface area contributed by atoms with Crippen molar-refractivity contribution in [2.75, 3.05) is 0 Å². The number of aliphatic hydroxyl groups excluding tert-OH is 1. The van der Waals surface area contributed by atoms with E-state index in [-0.39, 0.29) is 11.5 Å². The molecule has 0 amide bonds. The summed E-state index contributed by atoms with van der Waals surface area (Å²) in [7, 11) is 0. The monoisotopic (exact) mass is 197 g/mol. The van der Waals surface area contributed by atoms with Gasteiger partial charge < -0.3 is 21.1 Å². The average molecular weight is 197 g/mol. The van der Waals surface area contributed by atoms with Crippen molar-refractivity contribution in [1.82, 2.24) is 0 Å². The molecule has 4 heteroatoms. The average Bonchev–Trinajstić information content (AvgIpc) is 2.20. The van der Waals surface area contributed by atoms with Gasteiger partial charge >= 0.3 is 0 Å². The number of aliphatic hydroxyl groups is 1. The molecule has 0 saturated heterocycles. The number of nitrogens with two attached hydrogens (primary N) is 1. The zero-order chi connectivity index (χ0) is 10.7. The van der Waals surface area contributed by atoms with Crippen LogP contribution >= 0.6 is 0 Å². The van der Waals surface area contributed by atoms with E-state index in [1.54, 1.807) is 19.1 Å². The Labute approximate surface area is 82.6 Å². The maximum atomic E-state index is 9.48. The minimum atomic E-state index is -0.720. The minimum Gasteiger partial charge on any atom is -0.504 e. The predicted molar refractivity (Wildman–Crippen MR) is 53.0 cm³/mol. The van der Waals surface area contributed by atoms with Crippen LogP contribution in [0.3, 0.4) is 0 Å². The Hall–Kier alpha value is -1.26. The lowest BCUT2D eigenvalue weighted by Crippen LogP contribution is -2.25. The lowest BCUT2D eigenvalue weighted by molar-refractivity contribution is 0.139. The van der Waals surface area contributed by atoms with Crippen LogP contribution in [0.25, 0.3) is 0 Å². The van der Waals surface area contributed by atoms with Crippen molar-refractivity contribution in [2.24, 2.45) is 5.73 Å². The number of aromatic hydroxyl groups is 2. The Morgan fingerprint density at radius 3 is 2.57 bits per heavy atom. The van der Waals surface area contributed by atoms with Gasteiger partial charge in [0.15, 0.2) is 11.5 Å². The van der Waals surface area contributed by atoms with E-state index in [9.17, 15) is 15.3 Å². The van der Waals surface area contributed by atoms with Gasteiger partial charge in [-0.2, -0.15) is 0 Å². The fourth-order valence-electron chi connectivity index (χ4n) is 1.28. The van der Waals surface area contributed by atoms with Gasteiger partial charge in [0, 0.05) is 5.56 Å². The number of benzene rings is 1. The van der Waals surface area contributed by atoms with Crippen molar-refractivity contribution >= 4 is 0 Å². The maximum absolute atomic E-state index is 9.48. The molecule has 0 heterocycles. The second kappa shape index (κ2) is 4.30. The maximum Gasteiger partial charge on any atom is 0.162 e. The summed E-state index contributed by atoms with van der Waals surface area (Å²) in [4.78, 5) is 0. The number of hydrogen-bond acceptors (Lipinski definition) is 4. The third kappa shape index (κ3) is 1.97. The van der Waals surface area contributed by atoms with Gasteiger partial charge in [-0.3, -0.25) is 0 Å². The molecule has 0 aliphatic rings. The number of phenols is 2. The Morgan fingerprint density at radius 1 is 1.36 bits per heavy atom. The third-order valence-electron chi connectivity index (χ3n) is 2.24. The molecule has 0 aliphatic carbocycles. The summed E-state index contributed by atoms with van der Waals surface area (Å²) in [6, 6.07) is 3.85. The highest BCUT2D eigenvalue weighted by atomic mass is 16.3. The number of phenolic OH excluding ortho intramolecular Hbond substituents is 2. The molecule has 14 heavy (non-hydrogen) atoms. The summed E-state index contributed by atoms with van der Waals surface area (Å²) < 4.78 is 0. The van der Waals surface area contributed by atoms with Gasteiger partial charge in [-0.1, -0.05) is 19.1 Å². The molecule has 0 fully saturated rings. The van der Waals surface area contributed by atoms with E-state index >= 15 is 0 Å². The quantitative estimate of drug-likeness (QED) is 0.541. The molecule has 78 valence electrons. The second-order valence-corrected chi connectivity index (χ2v) is 3.22. The Bertz CT molecular complexity index is 314. The lowest BCUT2D eigenvalue weighted by atomic mass is 9.99. The van der Waals surface area contributed by atoms with Crippen molar-refractivity contribution in [3.05, 3.63) is 23.8 Å². The standard InChI is InChI=1S/C10H15NO3/c1-2-7(12)9(11)6-4-3-5-8(13)10(6)14/h3-5,7,9,12-14H,2,11H2,1H3/t7-,9+/m1/s1. The second-order valence-electron chi connectivity index (χ2n) is 3.22. The van der Waals surface area contributed by atoms with E-state index in [1.807, 2.05) is 0 Å². The molecular formula is C10H15NO3. The topological polar surface area (TPSA) is 86.7 Å². The van der Waals surface area contributed by atoms with Crippen LogP contribution in [0.2, 0.25) is 0 Å². The van der Waals surface area contributed by atoms with E-state index in [4.69, 9.17) is 5.73 Å². The predicted octanol–water partition coefficient (Wildman–Crippen LogP) is 0.868. The zero-order valence-corrected chi connectivity index (χ0v) is 8.01. The van der Waals surface area contributed by atoms with E-state index in [0.717, 1.165) is 0 Å². The first-order chi connectivity index (χ1) is 6.57. The molecule has 0 bridgehead atoms. The van der Waals surface area contributed by atoms with Gasteiger partial charge in [0.2, 0.25) is 0 Å². The Balaban J connectivity index is 3.01. The summed E-state index contributed by atoms with van der Waals surface area (Å²) in [5.41, 5.74) is 6.06. The van der Waals surface area contributed by atoms with Gasteiger partial charge in [-0.05, 0) is 12.5 Å². The van der Waals surface area contributed by atoms with Crippen molar-refractivity contribution in [3.63, 3.8) is 0 Å². The summed E-state index contributed by atoms with van der Waals surface area (Å²) in [6.07, 6.45) is -0.223. The summed E-state index contributed by atoms with van der Waals surface area (Å²) in [5, 5.41) is 28.2. The molecule has 5 N–H and O–H groups in total. The molecular weight excluding hydrogens is 182 g/mol. The number of para-hydroxylation sites is 1. The summed E-state index contributed by atoms with van der Waals surface area (Å²) in [6.45, 7) is 1.80. The summed E-state index contributed by atoms with van der Waals surface area (Å²) in [5.74, 6) is -0.478. The molecule has 1 aromatic carbocycles. The van der Waals surface area contributed by atoms with Gasteiger partial charge in [0.25, 0.3) is 0 Å². The van der Waals surface area contributed by atoms with Crippen LogP contribution in [0.1, 0.15) is 24.9 Å². The van der Waals surface area contributed by atoms with E-state index in [2.05, 4.69) is 0 Å². The first-order valence-corrected chi connectivity index (χ1v) is 4.52. The van der Waals surface area contributed by atoms with Crippen molar-refractivity contribution in [1.29, 1.82) is 0 Å². The van der Waals surface area contributed by atoms with E-state index in [0.29, 0.717) is 12.0 Å². The highest BCUT2D eigenvalue weighted by Crippen LogP contribution is 2.33. The molecule has 0 unspecified atom stereocenters. The highest BCUT2D eigenvalue weighted by Gasteiger charge is 2.19. The molecule has 1 rings (SSSR count). The SMILES string of the molecule is CC[C@@H](O)[C@@H](N)c1cccc(O)c1O. The molecule has 1 aromatic rings. The molecule has 0 aliphatic heterocycles. The van der Waals surface area contributed by atoms with E-state index < -0.39 is 12.1 Å². The van der Waals surface area contributed by atoms with E-state index in [1.165, 1.54) is 6.07 Å². The van der Waals surface area contributed by atoms with Gasteiger partial charge in [0.05, 0.1) is 12.1 Å². The van der Waals surface area contributed by atoms with Crippen LogP contribution in [0, 0.1) is 0 Å². The third-order valence-corrected chi connectivity index (χ3v) is 2.24. The van der Waals surface area contributed by atoms with Crippen molar-refractivity contribution in [2.45, 2.75) is 25.5 Å². The molecule has 0 aromatic heterocycles. The molecule has 2 atom stereocenters. The highest BCUT2D eigenvalue weighted by molar-refractivity contribution is 5.46. The zero-order valence-electron chi connectivity index (χ0n) is 8.01. The largest absolute Gasteiger partial charge is 0.504 e. The normalized spacial score (nSPS) is 15.1. The van der Waals surface area contributed by atoms with Crippen molar-refractivity contribution in [3.8, 4) is 11.5 Å². The van der Waals surface area contributed by atoms with Crippen LogP contribution in [0.4, 0.5) is 0 Å². The van der Waals surface area contributed by atoms with Crippen LogP contribution in [-0.4, -0.2) is 21.4 Å². The lowest BCUT2D eigenvalue weighted by Gasteiger charge is -2.18. The Morgan fingerprint density at radius 2 is 2.00 bits per heavy atom. The van der Waals surface area contributed by atoms with Gasteiger partial charge in [-0.15, -0.1) is 0 Å². The number of hydrogen-bond donors (Lipinski definition) is 4. The Kier molecular flexibility index (Phi) is 3.33. The van der Waals surface area contributed by atoms with Crippen LogP contribution in [0.15, 0.2) is 18.2 Å². The molecule has 4 nitrogen and oxygen atoms in total. The van der Waals surface area contributed by atoms with Gasteiger partial charge in [-0.25, -0.2) is 0 Å². The number of rotatable bonds is 3. The fraction of sp³-hybridized carbons (Fsp3) is 0.400. The smallest absolute Gasteiger partial charge is 0.162 e. The molecule has 0 saturated carbocycles. The van der Waals surface area contributed by atoms with Crippen LogP contribution < -0.4 is 5.73 Å². The van der Waals surface area contributed by atoms with Crippen molar-refractivity contribution < 1.29 is 15.3 Å². The molecule has 0 spiro atoms. The first-order valence-electron chi connectivity index (χ1n) is 4.52.